The molecule has 0 saturated heterocycles. The molecule has 22 heavy (non-hydrogen) atoms. The molecule has 0 aromatic heterocycles. The van der Waals surface area contributed by atoms with E-state index in [1.807, 2.05) is 38.1 Å². The van der Waals surface area contributed by atoms with Crippen molar-refractivity contribution in [3.05, 3.63) is 53.6 Å². The first-order chi connectivity index (χ1) is 10.4. The molecule has 0 radical (unpaired) electrons. The van der Waals surface area contributed by atoms with Gasteiger partial charge in [0, 0.05) is 25.5 Å². The Hall–Kier alpha value is -2.23. The minimum Gasteiger partial charge on any atom is -0.378 e. The molecule has 1 atom stereocenters. The van der Waals surface area contributed by atoms with Gasteiger partial charge in [0.25, 0.3) is 5.91 Å². The molecule has 0 aliphatic rings. The highest BCUT2D eigenvalue weighted by Crippen LogP contribution is 2.22. The zero-order valence-corrected chi connectivity index (χ0v) is 13.6. The molecule has 2 N–H and O–H groups in total. The number of hydrogen-bond donors (Lipinski definition) is 2. The maximum atomic E-state index is 12.4. The fraction of sp³-hybridized carbons (Fsp3) is 0.188. The van der Waals surface area contributed by atoms with E-state index in [0.717, 1.165) is 11.3 Å². The van der Waals surface area contributed by atoms with Crippen LogP contribution in [-0.4, -0.2) is 24.9 Å². The van der Waals surface area contributed by atoms with Crippen molar-refractivity contribution in [3.8, 4) is 0 Å². The van der Waals surface area contributed by atoms with Crippen LogP contribution >= 0.6 is 8.03 Å². The molecule has 5 nitrogen and oxygen atoms in total. The Labute approximate surface area is 130 Å². The van der Waals surface area contributed by atoms with Crippen LogP contribution in [0.2, 0.25) is 0 Å². The summed E-state index contributed by atoms with van der Waals surface area (Å²) in [6.45, 7) is 1.96. The summed E-state index contributed by atoms with van der Waals surface area (Å²) in [5, 5.41) is 2.88. The first-order valence-electron chi connectivity index (χ1n) is 6.74. The number of carbonyl (C=O) groups is 1. The minimum atomic E-state index is -2.59. The maximum absolute atomic E-state index is 12.4. The molecule has 2 rings (SSSR count). The molecule has 0 fully saturated rings. The molecule has 1 unspecified atom stereocenters. The van der Waals surface area contributed by atoms with Crippen LogP contribution in [0.3, 0.4) is 0 Å². The molecule has 0 bridgehead atoms. The highest BCUT2D eigenvalue weighted by molar-refractivity contribution is 7.47. The van der Waals surface area contributed by atoms with E-state index in [1.54, 1.807) is 24.3 Å². The van der Waals surface area contributed by atoms with Crippen molar-refractivity contribution in [2.45, 2.75) is 6.92 Å². The first-order valence-corrected chi connectivity index (χ1v) is 7.95. The molecule has 2 aromatic rings. The van der Waals surface area contributed by atoms with Crippen molar-refractivity contribution in [2.75, 3.05) is 24.3 Å². The van der Waals surface area contributed by atoms with E-state index in [9.17, 15) is 14.3 Å². The Morgan fingerprint density at radius 3 is 2.32 bits per heavy atom. The smallest absolute Gasteiger partial charge is 0.378 e. The van der Waals surface area contributed by atoms with E-state index < -0.39 is 13.9 Å². The molecule has 6 heteroatoms. The number of rotatable bonds is 4. The van der Waals surface area contributed by atoms with Crippen molar-refractivity contribution < 1.29 is 14.3 Å². The van der Waals surface area contributed by atoms with Gasteiger partial charge in [-0.1, -0.05) is 17.7 Å². The molecule has 0 saturated carbocycles. The van der Waals surface area contributed by atoms with Gasteiger partial charge >= 0.3 is 8.03 Å². The molecule has 2 aromatic carbocycles. The van der Waals surface area contributed by atoms with E-state index >= 15 is 0 Å². The van der Waals surface area contributed by atoms with Crippen LogP contribution in [-0.2, 0) is 4.57 Å². The molecule has 0 aliphatic heterocycles. The van der Waals surface area contributed by atoms with Crippen LogP contribution in [0.15, 0.2) is 42.5 Å². The maximum Gasteiger partial charge on any atom is 0.546 e. The number of benzene rings is 2. The zero-order valence-electron chi connectivity index (χ0n) is 12.7. The molecule has 114 valence electrons. The summed E-state index contributed by atoms with van der Waals surface area (Å²) in [5.41, 5.74) is 2.72. The number of aryl methyl sites for hydroxylation is 1. The van der Waals surface area contributed by atoms with E-state index in [1.165, 1.54) is 6.07 Å². The fourth-order valence-corrected chi connectivity index (χ4v) is 2.56. The number of hydrogen-bond acceptors (Lipinski definition) is 3. The molecular formula is C16H18N2O3P+. The molecule has 1 amide bonds. The number of carbonyl (C=O) groups excluding carboxylic acids is 1. The lowest BCUT2D eigenvalue weighted by Gasteiger charge is -2.13. The van der Waals surface area contributed by atoms with Gasteiger partial charge in [0.1, 0.15) is 0 Å². The van der Waals surface area contributed by atoms with Gasteiger partial charge in [-0.05, 0) is 41.8 Å². The van der Waals surface area contributed by atoms with E-state index in [-0.39, 0.29) is 10.9 Å². The monoisotopic (exact) mass is 317 g/mol. The van der Waals surface area contributed by atoms with Crippen molar-refractivity contribution in [2.24, 2.45) is 0 Å². The summed E-state index contributed by atoms with van der Waals surface area (Å²) >= 11 is 0. The van der Waals surface area contributed by atoms with Crippen LogP contribution in [0.25, 0.3) is 0 Å². The fourth-order valence-electron chi connectivity index (χ4n) is 1.99. The SMILES string of the molecule is Cc1ccc(NC(=O)c2cc(N(C)C)ccc2[P+](=O)O)cc1. The predicted molar refractivity (Wildman–Crippen MR) is 89.4 cm³/mol. The normalized spacial score (nSPS) is 11.0. The number of nitrogens with one attached hydrogen (secondary N) is 1. The zero-order chi connectivity index (χ0) is 16.3. The van der Waals surface area contributed by atoms with Crippen LogP contribution in [0.4, 0.5) is 11.4 Å². The second-order valence-corrected chi connectivity index (χ2v) is 6.22. The standard InChI is InChI=1S/C16H17N2O3P/c1-11-4-6-12(7-5-11)17-16(19)14-10-13(18(2)3)8-9-15(14)22(20)21/h4-10H,1-3H3,(H-,17,19,20,21)/p+1. The third-order valence-corrected chi connectivity index (χ3v) is 4.06. The van der Waals surface area contributed by atoms with Crippen molar-refractivity contribution in [1.82, 2.24) is 0 Å². The lowest BCUT2D eigenvalue weighted by atomic mass is 10.1. The summed E-state index contributed by atoms with van der Waals surface area (Å²) < 4.78 is 11.5. The number of anilines is 2. The van der Waals surface area contributed by atoms with Crippen LogP contribution < -0.4 is 15.5 Å². The topological polar surface area (TPSA) is 69.6 Å². The molecule has 0 spiro atoms. The first kappa shape index (κ1) is 16.1. The van der Waals surface area contributed by atoms with Crippen molar-refractivity contribution >= 4 is 30.6 Å². The van der Waals surface area contributed by atoms with Gasteiger partial charge in [-0.25, -0.2) is 0 Å². The van der Waals surface area contributed by atoms with E-state index in [2.05, 4.69) is 5.32 Å². The average Bonchev–Trinajstić information content (AvgIpc) is 2.48. The van der Waals surface area contributed by atoms with Gasteiger partial charge < -0.3 is 10.2 Å². The quantitative estimate of drug-likeness (QED) is 0.851. The molecular weight excluding hydrogens is 299 g/mol. The highest BCUT2D eigenvalue weighted by Gasteiger charge is 2.26. The lowest BCUT2D eigenvalue weighted by molar-refractivity contribution is 0.102. The highest BCUT2D eigenvalue weighted by atomic mass is 31.1. The van der Waals surface area contributed by atoms with Gasteiger partial charge in [0.15, 0.2) is 0 Å². The Kier molecular flexibility index (Phi) is 4.91. The second kappa shape index (κ2) is 6.69. The number of amides is 1. The van der Waals surface area contributed by atoms with Gasteiger partial charge in [0.2, 0.25) is 5.30 Å². The van der Waals surface area contributed by atoms with Crippen LogP contribution in [0.1, 0.15) is 15.9 Å². The lowest BCUT2D eigenvalue weighted by Crippen LogP contribution is -2.21. The number of nitrogens with zero attached hydrogens (tertiary/aromatic N) is 1. The predicted octanol–water partition coefficient (Wildman–Crippen LogP) is 2.67. The molecule has 0 heterocycles. The van der Waals surface area contributed by atoms with Crippen LogP contribution in [0, 0.1) is 6.92 Å². The molecule has 0 aliphatic carbocycles. The van der Waals surface area contributed by atoms with Crippen molar-refractivity contribution in [1.29, 1.82) is 0 Å². The summed E-state index contributed by atoms with van der Waals surface area (Å²) in [6.07, 6.45) is 0. The van der Waals surface area contributed by atoms with Gasteiger partial charge in [-0.15, -0.1) is 0 Å². The summed E-state index contributed by atoms with van der Waals surface area (Å²) in [7, 11) is 1.10. The summed E-state index contributed by atoms with van der Waals surface area (Å²) in [6, 6.07) is 12.2. The van der Waals surface area contributed by atoms with Crippen molar-refractivity contribution in [3.63, 3.8) is 0 Å². The largest absolute Gasteiger partial charge is 0.546 e. The Balaban J connectivity index is 2.36. The van der Waals surface area contributed by atoms with Gasteiger partial charge in [-0.3, -0.25) is 4.79 Å². The van der Waals surface area contributed by atoms with Gasteiger partial charge in [-0.2, -0.15) is 4.89 Å². The average molecular weight is 317 g/mol. The Morgan fingerprint density at radius 2 is 1.77 bits per heavy atom. The Bertz CT molecular complexity index is 712. The van der Waals surface area contributed by atoms with E-state index in [4.69, 9.17) is 0 Å². The second-order valence-electron chi connectivity index (χ2n) is 5.19. The summed E-state index contributed by atoms with van der Waals surface area (Å²) in [4.78, 5) is 23.7. The van der Waals surface area contributed by atoms with Crippen LogP contribution in [0.5, 0.6) is 0 Å². The minimum absolute atomic E-state index is 0.130. The third kappa shape index (κ3) is 3.70. The van der Waals surface area contributed by atoms with Gasteiger partial charge in [0.05, 0.1) is 5.56 Å². The summed E-state index contributed by atoms with van der Waals surface area (Å²) in [5.74, 6) is -0.403. The van der Waals surface area contributed by atoms with E-state index in [0.29, 0.717) is 5.69 Å². The third-order valence-electron chi connectivity index (χ3n) is 3.26. The Morgan fingerprint density at radius 1 is 1.14 bits per heavy atom.